The quantitative estimate of drug-likeness (QED) is 0.625. The fourth-order valence-corrected chi connectivity index (χ4v) is 1.71. The fourth-order valence-electron chi connectivity index (χ4n) is 1.48. The molecule has 0 spiro atoms. The van der Waals surface area contributed by atoms with E-state index >= 15 is 0 Å². The molecule has 0 aromatic heterocycles. The van der Waals surface area contributed by atoms with Crippen LogP contribution in [-0.4, -0.2) is 26.1 Å². The third-order valence-corrected chi connectivity index (χ3v) is 2.78. The van der Waals surface area contributed by atoms with Crippen LogP contribution in [0.15, 0.2) is 29.3 Å². The second kappa shape index (κ2) is 7.96. The lowest BCUT2D eigenvalue weighted by atomic mass is 10.1. The van der Waals surface area contributed by atoms with Gasteiger partial charge in [0.05, 0.1) is 0 Å². The van der Waals surface area contributed by atoms with Crippen LogP contribution in [0.5, 0.6) is 0 Å². The van der Waals surface area contributed by atoms with Gasteiger partial charge in [0.1, 0.15) is 0 Å². The normalized spacial score (nSPS) is 11.4. The molecule has 0 atom stereocenters. The van der Waals surface area contributed by atoms with E-state index in [0.717, 1.165) is 42.5 Å². The van der Waals surface area contributed by atoms with Crippen molar-refractivity contribution in [2.45, 2.75) is 19.8 Å². The largest absolute Gasteiger partial charge is 0.356 e. The first-order chi connectivity index (χ1) is 8.27. The van der Waals surface area contributed by atoms with Crippen LogP contribution < -0.4 is 10.6 Å². The molecule has 3 nitrogen and oxygen atoms in total. The predicted octanol–water partition coefficient (Wildman–Crippen LogP) is 2.46. The Morgan fingerprint density at radius 2 is 1.94 bits per heavy atom. The van der Waals surface area contributed by atoms with Gasteiger partial charge in [-0.2, -0.15) is 0 Å². The van der Waals surface area contributed by atoms with Gasteiger partial charge in [0.25, 0.3) is 0 Å². The van der Waals surface area contributed by atoms with E-state index in [1.807, 2.05) is 24.3 Å². The number of hydrogen-bond acceptors (Lipinski definition) is 1. The molecule has 0 aliphatic heterocycles. The Hall–Kier alpha value is -1.22. The van der Waals surface area contributed by atoms with E-state index in [2.05, 4.69) is 22.5 Å². The Labute approximate surface area is 108 Å². The smallest absolute Gasteiger partial charge is 0.190 e. The standard InChI is InChI=1S/C13H20ClN3/c1-3-9-16-13(15-2)17-10-8-11-6-4-5-7-12(11)14/h4-7H,3,8-10H2,1-2H3,(H2,15,16,17). The second-order valence-corrected chi connectivity index (χ2v) is 4.17. The summed E-state index contributed by atoms with van der Waals surface area (Å²) in [5, 5.41) is 7.31. The average Bonchev–Trinajstić information content (AvgIpc) is 2.35. The molecule has 94 valence electrons. The zero-order chi connectivity index (χ0) is 12.5. The highest BCUT2D eigenvalue weighted by atomic mass is 35.5. The summed E-state index contributed by atoms with van der Waals surface area (Å²) in [5.74, 6) is 0.846. The Kier molecular flexibility index (Phi) is 6.48. The molecule has 0 bridgehead atoms. The van der Waals surface area contributed by atoms with Gasteiger partial charge in [0, 0.05) is 25.2 Å². The first kappa shape index (κ1) is 13.8. The first-order valence-electron chi connectivity index (χ1n) is 5.95. The lowest BCUT2D eigenvalue weighted by molar-refractivity contribution is 0.773. The van der Waals surface area contributed by atoms with Crippen molar-refractivity contribution in [3.8, 4) is 0 Å². The number of benzene rings is 1. The zero-order valence-electron chi connectivity index (χ0n) is 10.5. The summed E-state index contributed by atoms with van der Waals surface area (Å²) in [6.45, 7) is 3.89. The molecule has 0 radical (unpaired) electrons. The number of hydrogen-bond donors (Lipinski definition) is 2. The summed E-state index contributed by atoms with van der Waals surface area (Å²) in [5.41, 5.74) is 1.16. The van der Waals surface area contributed by atoms with Gasteiger partial charge in [-0.05, 0) is 24.5 Å². The van der Waals surface area contributed by atoms with E-state index in [-0.39, 0.29) is 0 Å². The topological polar surface area (TPSA) is 36.4 Å². The number of aliphatic imine (C=N–C) groups is 1. The number of nitrogens with zero attached hydrogens (tertiary/aromatic N) is 1. The summed E-state index contributed by atoms with van der Waals surface area (Å²) in [6.07, 6.45) is 1.98. The van der Waals surface area contributed by atoms with E-state index in [9.17, 15) is 0 Å². The summed E-state index contributed by atoms with van der Waals surface area (Å²) in [4.78, 5) is 4.14. The van der Waals surface area contributed by atoms with Crippen LogP contribution in [-0.2, 0) is 6.42 Å². The van der Waals surface area contributed by atoms with E-state index < -0.39 is 0 Å². The number of rotatable bonds is 5. The van der Waals surface area contributed by atoms with Gasteiger partial charge in [-0.15, -0.1) is 0 Å². The molecule has 0 unspecified atom stereocenters. The highest BCUT2D eigenvalue weighted by molar-refractivity contribution is 6.31. The molecule has 1 aromatic rings. The lowest BCUT2D eigenvalue weighted by Crippen LogP contribution is -2.38. The molecule has 1 aromatic carbocycles. The number of halogens is 1. The second-order valence-electron chi connectivity index (χ2n) is 3.77. The van der Waals surface area contributed by atoms with Gasteiger partial charge in [0.2, 0.25) is 0 Å². The van der Waals surface area contributed by atoms with Crippen molar-refractivity contribution in [2.24, 2.45) is 4.99 Å². The van der Waals surface area contributed by atoms with E-state index in [4.69, 9.17) is 11.6 Å². The molecular formula is C13H20ClN3. The van der Waals surface area contributed by atoms with E-state index in [1.165, 1.54) is 0 Å². The Balaban J connectivity index is 2.34. The van der Waals surface area contributed by atoms with E-state index in [1.54, 1.807) is 7.05 Å². The zero-order valence-corrected chi connectivity index (χ0v) is 11.2. The minimum atomic E-state index is 0.825. The molecule has 0 saturated carbocycles. The highest BCUT2D eigenvalue weighted by Crippen LogP contribution is 2.14. The van der Waals surface area contributed by atoms with Gasteiger partial charge in [-0.3, -0.25) is 4.99 Å². The summed E-state index contributed by atoms with van der Waals surface area (Å²) >= 11 is 6.08. The van der Waals surface area contributed by atoms with Gasteiger partial charge < -0.3 is 10.6 Å². The van der Waals surface area contributed by atoms with Crippen LogP contribution in [0.4, 0.5) is 0 Å². The molecule has 0 heterocycles. The Bertz CT molecular complexity index is 363. The van der Waals surface area contributed by atoms with Crippen molar-refractivity contribution in [3.63, 3.8) is 0 Å². The summed E-state index contributed by atoms with van der Waals surface area (Å²) < 4.78 is 0. The van der Waals surface area contributed by atoms with Crippen molar-refractivity contribution in [2.75, 3.05) is 20.1 Å². The number of guanidine groups is 1. The van der Waals surface area contributed by atoms with Crippen LogP contribution in [0.2, 0.25) is 5.02 Å². The van der Waals surface area contributed by atoms with Crippen LogP contribution in [0.1, 0.15) is 18.9 Å². The van der Waals surface area contributed by atoms with Crippen LogP contribution in [0.25, 0.3) is 0 Å². The Morgan fingerprint density at radius 1 is 1.24 bits per heavy atom. The molecule has 0 aliphatic rings. The van der Waals surface area contributed by atoms with Crippen LogP contribution in [0, 0.1) is 0 Å². The fraction of sp³-hybridized carbons (Fsp3) is 0.462. The molecule has 0 amide bonds. The Morgan fingerprint density at radius 3 is 2.59 bits per heavy atom. The van der Waals surface area contributed by atoms with Crippen molar-refractivity contribution in [1.82, 2.24) is 10.6 Å². The average molecular weight is 254 g/mol. The van der Waals surface area contributed by atoms with Crippen molar-refractivity contribution < 1.29 is 0 Å². The predicted molar refractivity (Wildman–Crippen MR) is 74.8 cm³/mol. The molecular weight excluding hydrogens is 234 g/mol. The minimum absolute atomic E-state index is 0.825. The van der Waals surface area contributed by atoms with Crippen LogP contribution in [0.3, 0.4) is 0 Å². The highest BCUT2D eigenvalue weighted by Gasteiger charge is 1.99. The molecule has 2 N–H and O–H groups in total. The maximum absolute atomic E-state index is 6.08. The molecule has 4 heteroatoms. The molecule has 0 saturated heterocycles. The monoisotopic (exact) mass is 253 g/mol. The minimum Gasteiger partial charge on any atom is -0.356 e. The first-order valence-corrected chi connectivity index (χ1v) is 6.33. The van der Waals surface area contributed by atoms with Crippen molar-refractivity contribution in [1.29, 1.82) is 0 Å². The van der Waals surface area contributed by atoms with Crippen molar-refractivity contribution >= 4 is 17.6 Å². The molecule has 0 fully saturated rings. The lowest BCUT2D eigenvalue weighted by Gasteiger charge is -2.11. The SMILES string of the molecule is CCCNC(=NC)NCCc1ccccc1Cl. The van der Waals surface area contributed by atoms with Crippen LogP contribution >= 0.6 is 11.6 Å². The van der Waals surface area contributed by atoms with Gasteiger partial charge >= 0.3 is 0 Å². The van der Waals surface area contributed by atoms with Gasteiger partial charge in [-0.25, -0.2) is 0 Å². The summed E-state index contributed by atoms with van der Waals surface area (Å²) in [7, 11) is 1.78. The third-order valence-electron chi connectivity index (χ3n) is 2.41. The number of nitrogens with one attached hydrogen (secondary N) is 2. The van der Waals surface area contributed by atoms with Crippen molar-refractivity contribution in [3.05, 3.63) is 34.9 Å². The van der Waals surface area contributed by atoms with Gasteiger partial charge in [-0.1, -0.05) is 36.7 Å². The maximum Gasteiger partial charge on any atom is 0.190 e. The van der Waals surface area contributed by atoms with E-state index in [0.29, 0.717) is 0 Å². The molecule has 0 aliphatic carbocycles. The maximum atomic E-state index is 6.08. The summed E-state index contributed by atoms with van der Waals surface area (Å²) in [6, 6.07) is 7.92. The third kappa shape index (κ3) is 5.09. The van der Waals surface area contributed by atoms with Gasteiger partial charge in [0.15, 0.2) is 5.96 Å². The molecule has 17 heavy (non-hydrogen) atoms. The molecule has 1 rings (SSSR count).